The molecule has 1 aromatic rings. The number of hydrogen-bond acceptors (Lipinski definition) is 4. The Balaban J connectivity index is 2.66. The van der Waals surface area contributed by atoms with Gasteiger partial charge in [0.1, 0.15) is 11.5 Å². The third-order valence-corrected chi connectivity index (χ3v) is 1.90. The molecule has 0 aliphatic heterocycles. The van der Waals surface area contributed by atoms with Crippen LogP contribution in [0, 0.1) is 5.41 Å². The molecule has 0 bridgehead atoms. The van der Waals surface area contributed by atoms with Gasteiger partial charge in [-0.05, 0) is 5.41 Å². The number of aromatic nitrogens is 2. The summed E-state index contributed by atoms with van der Waals surface area (Å²) in [5, 5.41) is 5.66. The van der Waals surface area contributed by atoms with Gasteiger partial charge in [0.25, 0.3) is 5.91 Å². The first-order valence-corrected chi connectivity index (χ1v) is 5.20. The Morgan fingerprint density at radius 2 is 2.06 bits per heavy atom. The smallest absolute Gasteiger partial charge is 0.271 e. The molecule has 1 amide bonds. The van der Waals surface area contributed by atoms with Crippen molar-refractivity contribution in [1.29, 1.82) is 0 Å². The maximum atomic E-state index is 11.7. The van der Waals surface area contributed by atoms with Gasteiger partial charge < -0.3 is 10.6 Å². The number of carbonyl (C=O) groups is 1. The molecule has 0 atom stereocenters. The second kappa shape index (κ2) is 4.92. The van der Waals surface area contributed by atoms with E-state index in [4.69, 9.17) is 0 Å². The van der Waals surface area contributed by atoms with Crippen molar-refractivity contribution in [3.8, 4) is 0 Å². The molecule has 0 aromatic carbocycles. The lowest BCUT2D eigenvalue weighted by atomic mass is 9.97. The SMILES string of the molecule is CNc1cncc(C(=O)NCC(C)(C)C)n1. The molecule has 2 N–H and O–H groups in total. The highest BCUT2D eigenvalue weighted by Gasteiger charge is 2.14. The highest BCUT2D eigenvalue weighted by Crippen LogP contribution is 2.10. The van der Waals surface area contributed by atoms with Crippen molar-refractivity contribution in [1.82, 2.24) is 15.3 Å². The molecule has 0 radical (unpaired) electrons. The molecule has 0 aliphatic rings. The van der Waals surface area contributed by atoms with Gasteiger partial charge in [0, 0.05) is 13.6 Å². The molecule has 0 unspecified atom stereocenters. The summed E-state index contributed by atoms with van der Waals surface area (Å²) in [5.41, 5.74) is 0.389. The molecule has 0 saturated carbocycles. The highest BCUT2D eigenvalue weighted by atomic mass is 16.1. The van der Waals surface area contributed by atoms with Crippen LogP contribution in [0.2, 0.25) is 0 Å². The van der Waals surface area contributed by atoms with E-state index < -0.39 is 0 Å². The van der Waals surface area contributed by atoms with Gasteiger partial charge in [0.05, 0.1) is 12.4 Å². The number of nitrogens with zero attached hydrogens (tertiary/aromatic N) is 2. The fourth-order valence-electron chi connectivity index (χ4n) is 1.03. The minimum Gasteiger partial charge on any atom is -0.372 e. The van der Waals surface area contributed by atoms with Crippen LogP contribution in [0.4, 0.5) is 5.82 Å². The first-order chi connectivity index (χ1) is 7.42. The third-order valence-electron chi connectivity index (χ3n) is 1.90. The van der Waals surface area contributed by atoms with Crippen LogP contribution in [0.1, 0.15) is 31.3 Å². The zero-order chi connectivity index (χ0) is 12.2. The number of nitrogens with one attached hydrogen (secondary N) is 2. The van der Waals surface area contributed by atoms with Gasteiger partial charge in [0.2, 0.25) is 0 Å². The molecule has 1 heterocycles. The van der Waals surface area contributed by atoms with Crippen molar-refractivity contribution in [3.05, 3.63) is 18.1 Å². The predicted octanol–water partition coefficient (Wildman–Crippen LogP) is 1.29. The van der Waals surface area contributed by atoms with E-state index in [1.54, 1.807) is 13.2 Å². The van der Waals surface area contributed by atoms with Gasteiger partial charge >= 0.3 is 0 Å². The van der Waals surface area contributed by atoms with Gasteiger partial charge in [-0.1, -0.05) is 20.8 Å². The predicted molar refractivity (Wildman–Crippen MR) is 63.4 cm³/mol. The largest absolute Gasteiger partial charge is 0.372 e. The zero-order valence-electron chi connectivity index (χ0n) is 10.2. The Morgan fingerprint density at radius 1 is 1.38 bits per heavy atom. The highest BCUT2D eigenvalue weighted by molar-refractivity contribution is 5.92. The second-order valence-electron chi connectivity index (χ2n) is 4.78. The van der Waals surface area contributed by atoms with Crippen molar-refractivity contribution in [2.45, 2.75) is 20.8 Å². The van der Waals surface area contributed by atoms with Crippen molar-refractivity contribution >= 4 is 11.7 Å². The standard InChI is InChI=1S/C11H18N4O/c1-11(2,3)7-14-10(16)8-5-13-6-9(12-4)15-8/h5-6H,7H2,1-4H3,(H,12,15)(H,14,16). The molecule has 5 nitrogen and oxygen atoms in total. The first-order valence-electron chi connectivity index (χ1n) is 5.20. The summed E-state index contributed by atoms with van der Waals surface area (Å²) < 4.78 is 0. The third kappa shape index (κ3) is 3.84. The number of amides is 1. The average Bonchev–Trinajstić information content (AvgIpc) is 2.25. The van der Waals surface area contributed by atoms with Gasteiger partial charge in [-0.2, -0.15) is 0 Å². The Hall–Kier alpha value is -1.65. The molecular formula is C11H18N4O. The Morgan fingerprint density at radius 3 is 2.62 bits per heavy atom. The van der Waals surface area contributed by atoms with Crippen molar-refractivity contribution in [2.75, 3.05) is 18.9 Å². The minimum atomic E-state index is -0.195. The van der Waals surface area contributed by atoms with Crippen LogP contribution < -0.4 is 10.6 Å². The summed E-state index contributed by atoms with van der Waals surface area (Å²) in [6, 6.07) is 0. The van der Waals surface area contributed by atoms with Crippen LogP contribution in [-0.4, -0.2) is 29.5 Å². The van der Waals surface area contributed by atoms with Crippen molar-refractivity contribution in [3.63, 3.8) is 0 Å². The van der Waals surface area contributed by atoms with E-state index >= 15 is 0 Å². The van der Waals surface area contributed by atoms with Gasteiger partial charge in [-0.3, -0.25) is 9.78 Å². The fourth-order valence-corrected chi connectivity index (χ4v) is 1.03. The van der Waals surface area contributed by atoms with Crippen molar-refractivity contribution in [2.24, 2.45) is 5.41 Å². The monoisotopic (exact) mass is 222 g/mol. The van der Waals surface area contributed by atoms with Gasteiger partial charge in [-0.15, -0.1) is 0 Å². The molecule has 5 heteroatoms. The average molecular weight is 222 g/mol. The molecule has 16 heavy (non-hydrogen) atoms. The van der Waals surface area contributed by atoms with E-state index in [1.165, 1.54) is 6.20 Å². The number of hydrogen-bond donors (Lipinski definition) is 2. The lowest BCUT2D eigenvalue weighted by Crippen LogP contribution is -2.32. The summed E-state index contributed by atoms with van der Waals surface area (Å²) in [7, 11) is 1.74. The number of rotatable bonds is 3. The number of carbonyl (C=O) groups excluding carboxylic acids is 1. The van der Waals surface area contributed by atoms with Crippen molar-refractivity contribution < 1.29 is 4.79 Å². The topological polar surface area (TPSA) is 66.9 Å². The zero-order valence-corrected chi connectivity index (χ0v) is 10.2. The minimum absolute atomic E-state index is 0.0592. The summed E-state index contributed by atoms with van der Waals surface area (Å²) in [4.78, 5) is 19.8. The Bertz CT molecular complexity index is 370. The molecule has 1 aromatic heterocycles. The Labute approximate surface area is 95.7 Å². The van der Waals surface area contributed by atoms with E-state index in [1.807, 2.05) is 0 Å². The summed E-state index contributed by atoms with van der Waals surface area (Å²) in [6.45, 7) is 6.78. The summed E-state index contributed by atoms with van der Waals surface area (Å²) >= 11 is 0. The second-order valence-corrected chi connectivity index (χ2v) is 4.78. The lowest BCUT2D eigenvalue weighted by molar-refractivity contribution is 0.0934. The van der Waals surface area contributed by atoms with E-state index in [0.717, 1.165) is 0 Å². The van der Waals surface area contributed by atoms with Crippen LogP contribution in [-0.2, 0) is 0 Å². The maximum Gasteiger partial charge on any atom is 0.271 e. The molecule has 0 fully saturated rings. The van der Waals surface area contributed by atoms with Crippen LogP contribution in [0.3, 0.4) is 0 Å². The van der Waals surface area contributed by atoms with E-state index in [9.17, 15) is 4.79 Å². The molecule has 1 rings (SSSR count). The normalized spacial score (nSPS) is 11.0. The maximum absolute atomic E-state index is 11.7. The van der Waals surface area contributed by atoms with Crippen LogP contribution >= 0.6 is 0 Å². The lowest BCUT2D eigenvalue weighted by Gasteiger charge is -2.18. The van der Waals surface area contributed by atoms with E-state index in [2.05, 4.69) is 41.4 Å². The quantitative estimate of drug-likeness (QED) is 0.808. The fraction of sp³-hybridized carbons (Fsp3) is 0.545. The molecular weight excluding hydrogens is 204 g/mol. The molecule has 0 aliphatic carbocycles. The Kier molecular flexibility index (Phi) is 3.82. The molecule has 88 valence electrons. The molecule has 0 spiro atoms. The van der Waals surface area contributed by atoms with Gasteiger partial charge in [-0.25, -0.2) is 4.98 Å². The molecule has 0 saturated heterocycles. The van der Waals surface area contributed by atoms with E-state index in [0.29, 0.717) is 18.1 Å². The van der Waals surface area contributed by atoms with Crippen LogP contribution in [0.15, 0.2) is 12.4 Å². The first kappa shape index (κ1) is 12.4. The van der Waals surface area contributed by atoms with Crippen LogP contribution in [0.5, 0.6) is 0 Å². The number of anilines is 1. The van der Waals surface area contributed by atoms with Crippen LogP contribution in [0.25, 0.3) is 0 Å². The van der Waals surface area contributed by atoms with Gasteiger partial charge in [0.15, 0.2) is 0 Å². The summed E-state index contributed by atoms with van der Waals surface area (Å²) in [5.74, 6) is 0.392. The summed E-state index contributed by atoms with van der Waals surface area (Å²) in [6.07, 6.45) is 3.03. The van der Waals surface area contributed by atoms with E-state index in [-0.39, 0.29) is 11.3 Å².